The zero-order valence-corrected chi connectivity index (χ0v) is 19.0. The molecule has 0 spiro atoms. The molecular formula is C27H32N2O2+2. The quantitative estimate of drug-likeness (QED) is 0.298. The molecular weight excluding hydrogens is 384 g/mol. The van der Waals surface area contributed by atoms with Gasteiger partial charge in [-0.1, -0.05) is 37.5 Å². The fourth-order valence-electron chi connectivity index (χ4n) is 6.63. The number of hydrogen-bond donors (Lipinski definition) is 0. The molecule has 2 aliphatic heterocycles. The Balaban J connectivity index is 1.64. The highest BCUT2D eigenvalue weighted by molar-refractivity contribution is 5.83. The van der Waals surface area contributed by atoms with E-state index in [9.17, 15) is 0 Å². The zero-order chi connectivity index (χ0) is 21.3. The second kappa shape index (κ2) is 6.86. The van der Waals surface area contributed by atoms with E-state index in [2.05, 4.69) is 60.9 Å². The molecule has 0 N–H and O–H groups in total. The van der Waals surface area contributed by atoms with Crippen LogP contribution in [0, 0.1) is 13.8 Å². The van der Waals surface area contributed by atoms with Crippen LogP contribution in [0.1, 0.15) is 72.5 Å². The summed E-state index contributed by atoms with van der Waals surface area (Å²) in [5.41, 5.74) is 9.39. The summed E-state index contributed by atoms with van der Waals surface area (Å²) < 4.78 is 2.50. The molecule has 4 heteroatoms. The first-order valence-electron chi connectivity index (χ1n) is 11.7. The summed E-state index contributed by atoms with van der Waals surface area (Å²) >= 11 is 0. The first-order chi connectivity index (χ1) is 15.1. The highest BCUT2D eigenvalue weighted by atomic mass is 17.0. The summed E-state index contributed by atoms with van der Waals surface area (Å²) in [6, 6.07) is 16.4. The van der Waals surface area contributed by atoms with E-state index in [1.165, 1.54) is 76.5 Å². The predicted octanol–water partition coefficient (Wildman–Crippen LogP) is 5.97. The molecule has 1 aromatic heterocycles. The molecule has 1 saturated carbocycles. The van der Waals surface area contributed by atoms with Gasteiger partial charge in [0.25, 0.3) is 0 Å². The lowest BCUT2D eigenvalue weighted by Crippen LogP contribution is -2.43. The van der Waals surface area contributed by atoms with E-state index < -0.39 is 0 Å². The maximum absolute atomic E-state index is 6.03. The lowest BCUT2D eigenvalue weighted by Gasteiger charge is -2.23. The van der Waals surface area contributed by atoms with Gasteiger partial charge in [0.05, 0.1) is 25.2 Å². The molecule has 1 aliphatic carbocycles. The van der Waals surface area contributed by atoms with E-state index in [0.717, 1.165) is 0 Å². The Kier molecular flexibility index (Phi) is 4.30. The van der Waals surface area contributed by atoms with Crippen LogP contribution in [0.4, 0.5) is 0 Å². The molecule has 3 heterocycles. The zero-order valence-electron chi connectivity index (χ0n) is 19.0. The van der Waals surface area contributed by atoms with Gasteiger partial charge in [-0.2, -0.15) is 9.68 Å². The third-order valence-electron chi connectivity index (χ3n) is 7.98. The number of fused-ring (bicyclic) bond motifs is 8. The van der Waals surface area contributed by atoms with Gasteiger partial charge in [0.15, 0.2) is 0 Å². The number of hydrogen-bond acceptors (Lipinski definition) is 2. The number of aromatic nitrogens is 1. The molecule has 0 radical (unpaired) electrons. The lowest BCUT2D eigenvalue weighted by molar-refractivity contribution is -1.21. The van der Waals surface area contributed by atoms with Crippen molar-refractivity contribution in [1.82, 2.24) is 0 Å². The van der Waals surface area contributed by atoms with Crippen molar-refractivity contribution in [3.05, 3.63) is 64.7 Å². The van der Waals surface area contributed by atoms with Crippen LogP contribution >= 0.6 is 0 Å². The first-order valence-corrected chi connectivity index (χ1v) is 11.7. The summed E-state index contributed by atoms with van der Waals surface area (Å²) in [7, 11) is 3.54. The number of quaternary nitrogens is 1. The van der Waals surface area contributed by atoms with Crippen LogP contribution in [-0.4, -0.2) is 19.0 Å². The molecule has 2 fully saturated rings. The molecule has 4 nitrogen and oxygen atoms in total. The molecule has 31 heavy (non-hydrogen) atoms. The minimum atomic E-state index is 0.101. The van der Waals surface area contributed by atoms with Gasteiger partial charge in [0.1, 0.15) is 0 Å². The Bertz CT molecular complexity index is 1190. The highest BCUT2D eigenvalue weighted by Gasteiger charge is 2.84. The van der Waals surface area contributed by atoms with Gasteiger partial charge < -0.3 is 0 Å². The summed E-state index contributed by atoms with van der Waals surface area (Å²) in [6.45, 7) is 4.41. The SMILES string of the molecule is CO[N+]1(OC)C2c3c(C)cc(C)cc3-c3ccc4c(C5CCCCC5)cccc4[n+]3C21. The maximum Gasteiger partial charge on any atom is 0.409 e. The minimum Gasteiger partial charge on any atom is -0.164 e. The van der Waals surface area contributed by atoms with Crippen LogP contribution in [0.15, 0.2) is 42.5 Å². The van der Waals surface area contributed by atoms with Crippen LogP contribution in [0.25, 0.3) is 22.2 Å². The third kappa shape index (κ3) is 2.56. The molecule has 2 aromatic carbocycles. The van der Waals surface area contributed by atoms with Crippen molar-refractivity contribution >= 4 is 10.9 Å². The molecule has 0 amide bonds. The molecule has 160 valence electrons. The van der Waals surface area contributed by atoms with E-state index in [4.69, 9.17) is 9.68 Å². The third-order valence-corrected chi connectivity index (χ3v) is 7.98. The van der Waals surface area contributed by atoms with Crippen molar-refractivity contribution in [2.24, 2.45) is 0 Å². The van der Waals surface area contributed by atoms with E-state index in [-0.39, 0.29) is 17.0 Å². The van der Waals surface area contributed by atoms with Gasteiger partial charge in [-0.05, 0) is 61.4 Å². The fraction of sp³-hybridized carbons (Fsp3) is 0.444. The monoisotopic (exact) mass is 416 g/mol. The lowest BCUT2D eigenvalue weighted by atomic mass is 9.82. The molecule has 3 aromatic rings. The standard InChI is InChI=1S/C27H32N2O2/c1-17-15-18(2)25-22(16-17)24-14-13-21-20(19-9-6-5-7-10-19)11-8-12-23(21)28(24)27-26(25)29(27,30-3)31-4/h8,11-16,19,26-27H,5-7,9-10H2,1-4H3/q+2. The van der Waals surface area contributed by atoms with Crippen LogP contribution in [0.5, 0.6) is 0 Å². The average molecular weight is 417 g/mol. The van der Waals surface area contributed by atoms with Crippen LogP contribution < -0.4 is 4.57 Å². The van der Waals surface area contributed by atoms with Crippen LogP contribution in [0.3, 0.4) is 0 Å². The Morgan fingerprint density at radius 1 is 0.935 bits per heavy atom. The maximum atomic E-state index is 6.03. The first kappa shape index (κ1) is 19.4. The van der Waals surface area contributed by atoms with Crippen molar-refractivity contribution in [3.63, 3.8) is 0 Å². The Hall–Kier alpha value is -2.27. The second-order valence-corrected chi connectivity index (χ2v) is 9.62. The average Bonchev–Trinajstić information content (AvgIpc) is 3.47. The number of pyridine rings is 1. The van der Waals surface area contributed by atoms with Crippen molar-refractivity contribution < 1.29 is 19.1 Å². The van der Waals surface area contributed by atoms with Crippen molar-refractivity contribution in [2.45, 2.75) is 64.1 Å². The molecule has 3 aliphatic rings. The van der Waals surface area contributed by atoms with Gasteiger partial charge in [0.2, 0.25) is 11.2 Å². The van der Waals surface area contributed by atoms with E-state index in [1.807, 2.05) is 0 Å². The normalized spacial score (nSPS) is 23.9. The van der Waals surface area contributed by atoms with Gasteiger partial charge >= 0.3 is 12.2 Å². The Labute approximate surface area is 184 Å². The number of hydroxylamine groups is 4. The topological polar surface area (TPSA) is 22.3 Å². The number of nitrogens with zero attached hydrogens (tertiary/aromatic N) is 2. The highest BCUT2D eigenvalue weighted by Crippen LogP contribution is 2.63. The minimum absolute atomic E-state index is 0.101. The largest absolute Gasteiger partial charge is 0.409 e. The predicted molar refractivity (Wildman–Crippen MR) is 121 cm³/mol. The second-order valence-electron chi connectivity index (χ2n) is 9.62. The smallest absolute Gasteiger partial charge is 0.164 e. The number of rotatable bonds is 3. The van der Waals surface area contributed by atoms with Crippen LogP contribution in [0.2, 0.25) is 0 Å². The Morgan fingerprint density at radius 2 is 1.71 bits per heavy atom. The molecule has 0 bridgehead atoms. The van der Waals surface area contributed by atoms with Crippen molar-refractivity contribution in [1.29, 1.82) is 0 Å². The fourth-order valence-corrected chi connectivity index (χ4v) is 6.63. The van der Waals surface area contributed by atoms with E-state index in [1.54, 1.807) is 14.2 Å². The van der Waals surface area contributed by atoms with Gasteiger partial charge in [-0.3, -0.25) is 0 Å². The van der Waals surface area contributed by atoms with Crippen molar-refractivity contribution in [2.75, 3.05) is 14.2 Å². The Morgan fingerprint density at radius 3 is 2.45 bits per heavy atom. The summed E-state index contributed by atoms with van der Waals surface area (Å²) in [5.74, 6) is 0.676. The van der Waals surface area contributed by atoms with Crippen LogP contribution in [-0.2, 0) is 9.68 Å². The van der Waals surface area contributed by atoms with E-state index in [0.29, 0.717) is 5.92 Å². The van der Waals surface area contributed by atoms with Gasteiger partial charge in [-0.25, -0.2) is 0 Å². The van der Waals surface area contributed by atoms with Gasteiger partial charge in [0, 0.05) is 22.5 Å². The summed E-state index contributed by atoms with van der Waals surface area (Å²) in [6.07, 6.45) is 6.80. The molecule has 6 rings (SSSR count). The summed E-state index contributed by atoms with van der Waals surface area (Å²) in [4.78, 5) is 12.3. The summed E-state index contributed by atoms with van der Waals surface area (Å²) in [5, 5.41) is 1.39. The number of aryl methyl sites for hydroxylation is 2. The van der Waals surface area contributed by atoms with Crippen molar-refractivity contribution in [3.8, 4) is 11.3 Å². The molecule has 1 saturated heterocycles. The number of benzene rings is 2. The van der Waals surface area contributed by atoms with E-state index >= 15 is 0 Å². The molecule has 2 atom stereocenters. The molecule has 2 unspecified atom stereocenters. The van der Waals surface area contributed by atoms with Gasteiger partial charge in [-0.15, -0.1) is 4.57 Å².